The highest BCUT2D eigenvalue weighted by atomic mass is 79.9. The fraction of sp³-hybridized carbons (Fsp3) is 0.444. The predicted molar refractivity (Wildman–Crippen MR) is 116 cm³/mol. The van der Waals surface area contributed by atoms with Gasteiger partial charge >= 0.3 is 0 Å². The Kier molecular flexibility index (Phi) is 9.54. The molecule has 0 saturated heterocycles. The molecule has 2 aromatic rings. The molecule has 2 heterocycles. The summed E-state index contributed by atoms with van der Waals surface area (Å²) < 4.78 is 16.4. The van der Waals surface area contributed by atoms with Crippen molar-refractivity contribution < 1.29 is 4.21 Å². The van der Waals surface area contributed by atoms with Crippen molar-refractivity contribution in [2.75, 3.05) is 0 Å². The van der Waals surface area contributed by atoms with Gasteiger partial charge in [-0.05, 0) is 89.7 Å². The lowest BCUT2D eigenvalue weighted by atomic mass is 10.2. The Morgan fingerprint density at radius 2 is 1.46 bits per heavy atom. The van der Waals surface area contributed by atoms with Crippen LogP contribution in [0.4, 0.5) is 0 Å². The summed E-state index contributed by atoms with van der Waals surface area (Å²) in [6, 6.07) is 7.80. The lowest BCUT2D eigenvalue weighted by Gasteiger charge is -2.21. The number of nitrogens with one attached hydrogen (secondary N) is 1. The third-order valence-corrected chi connectivity index (χ3v) is 5.98. The van der Waals surface area contributed by atoms with Crippen LogP contribution in [0.2, 0.25) is 0 Å². The molecule has 5 nitrogen and oxygen atoms in total. The zero-order valence-corrected chi connectivity index (χ0v) is 19.7. The Morgan fingerprint density at radius 3 is 1.81 bits per heavy atom. The van der Waals surface area contributed by atoms with Gasteiger partial charge in [0.05, 0.1) is 15.7 Å². The largest absolute Gasteiger partial charge is 0.324 e. The van der Waals surface area contributed by atoms with Gasteiger partial charge in [-0.25, -0.2) is 18.9 Å². The number of pyridine rings is 2. The summed E-state index contributed by atoms with van der Waals surface area (Å²) in [5.74, 6) is 0. The Balaban J connectivity index is 0.000000289. The minimum Gasteiger partial charge on any atom is -0.324 e. The van der Waals surface area contributed by atoms with Crippen molar-refractivity contribution in [1.82, 2.24) is 14.7 Å². The molecule has 8 heteroatoms. The van der Waals surface area contributed by atoms with Crippen LogP contribution >= 0.6 is 31.9 Å². The molecule has 2 aromatic heterocycles. The molecule has 3 atom stereocenters. The molecular formula is C18H26Br2N4OS. The molecule has 3 N–H and O–H groups in total. The van der Waals surface area contributed by atoms with Crippen LogP contribution in [-0.2, 0) is 11.0 Å². The summed E-state index contributed by atoms with van der Waals surface area (Å²) in [5, 5.41) is 0. The maximum absolute atomic E-state index is 11.9. The van der Waals surface area contributed by atoms with Crippen LogP contribution in [0.25, 0.3) is 0 Å². The molecule has 0 unspecified atom stereocenters. The normalized spacial score (nSPS) is 14.8. The van der Waals surface area contributed by atoms with E-state index in [1.165, 1.54) is 0 Å². The predicted octanol–water partition coefficient (Wildman–Crippen LogP) is 4.82. The van der Waals surface area contributed by atoms with Gasteiger partial charge in [0.15, 0.2) is 0 Å². The molecule has 2 rings (SSSR count). The first-order valence-electron chi connectivity index (χ1n) is 8.17. The lowest BCUT2D eigenvalue weighted by molar-refractivity contribution is 0.615. The first-order valence-corrected chi connectivity index (χ1v) is 10.9. The average molecular weight is 506 g/mol. The monoisotopic (exact) mass is 504 g/mol. The van der Waals surface area contributed by atoms with Crippen molar-refractivity contribution in [2.24, 2.45) is 5.73 Å². The second-order valence-corrected chi connectivity index (χ2v) is 10.5. The van der Waals surface area contributed by atoms with E-state index in [0.717, 1.165) is 20.3 Å². The van der Waals surface area contributed by atoms with E-state index >= 15 is 0 Å². The van der Waals surface area contributed by atoms with Gasteiger partial charge in [-0.3, -0.25) is 0 Å². The van der Waals surface area contributed by atoms with Gasteiger partial charge in [0, 0.05) is 24.5 Å². The van der Waals surface area contributed by atoms with E-state index in [0.29, 0.717) is 0 Å². The fourth-order valence-corrected chi connectivity index (χ4v) is 2.99. The van der Waals surface area contributed by atoms with Crippen molar-refractivity contribution in [1.29, 1.82) is 0 Å². The van der Waals surface area contributed by atoms with Crippen molar-refractivity contribution in [3.8, 4) is 0 Å². The third-order valence-electron chi connectivity index (χ3n) is 3.37. The van der Waals surface area contributed by atoms with Crippen LogP contribution < -0.4 is 10.5 Å². The topological polar surface area (TPSA) is 80.9 Å². The molecule has 26 heavy (non-hydrogen) atoms. The van der Waals surface area contributed by atoms with Gasteiger partial charge < -0.3 is 5.73 Å². The number of hydrogen-bond acceptors (Lipinski definition) is 4. The van der Waals surface area contributed by atoms with Crippen LogP contribution in [0.3, 0.4) is 0 Å². The summed E-state index contributed by atoms with van der Waals surface area (Å²) in [6.07, 6.45) is 3.55. The van der Waals surface area contributed by atoms with Crippen molar-refractivity contribution in [2.45, 2.75) is 51.4 Å². The molecule has 0 aliphatic heterocycles. The van der Waals surface area contributed by atoms with E-state index in [1.54, 1.807) is 12.4 Å². The van der Waals surface area contributed by atoms with E-state index < -0.39 is 11.0 Å². The first kappa shape index (κ1) is 23.4. The molecule has 0 aromatic carbocycles. The number of halogens is 2. The number of hydrogen-bond donors (Lipinski definition) is 2. The summed E-state index contributed by atoms with van der Waals surface area (Å²) >= 11 is 6.53. The lowest BCUT2D eigenvalue weighted by Crippen LogP contribution is -2.34. The number of nitrogens with zero attached hydrogens (tertiary/aromatic N) is 2. The van der Waals surface area contributed by atoms with Crippen LogP contribution in [0, 0.1) is 0 Å². The molecular weight excluding hydrogens is 480 g/mol. The fourth-order valence-electron chi connectivity index (χ4n) is 1.71. The van der Waals surface area contributed by atoms with Gasteiger partial charge in [0.1, 0.15) is 9.21 Å². The van der Waals surface area contributed by atoms with E-state index in [-0.39, 0.29) is 16.8 Å². The van der Waals surface area contributed by atoms with Crippen molar-refractivity contribution in [3.05, 3.63) is 57.0 Å². The van der Waals surface area contributed by atoms with Crippen LogP contribution in [0.15, 0.2) is 45.9 Å². The Labute approximate surface area is 175 Å². The van der Waals surface area contributed by atoms with Gasteiger partial charge in [0.2, 0.25) is 0 Å². The second kappa shape index (κ2) is 10.6. The van der Waals surface area contributed by atoms with E-state index in [2.05, 4.69) is 46.5 Å². The smallest absolute Gasteiger partial charge is 0.106 e. The Morgan fingerprint density at radius 1 is 1.00 bits per heavy atom. The van der Waals surface area contributed by atoms with E-state index in [9.17, 15) is 4.21 Å². The molecule has 0 aliphatic carbocycles. The quantitative estimate of drug-likeness (QED) is 0.583. The summed E-state index contributed by atoms with van der Waals surface area (Å²) in [6.45, 7) is 9.76. The molecule has 0 bridgehead atoms. The average Bonchev–Trinajstić information content (AvgIpc) is 2.55. The Hall–Kier alpha value is -0.670. The summed E-state index contributed by atoms with van der Waals surface area (Å²) in [4.78, 5) is 8.18. The van der Waals surface area contributed by atoms with Crippen molar-refractivity contribution in [3.63, 3.8) is 0 Å². The zero-order valence-electron chi connectivity index (χ0n) is 15.7. The van der Waals surface area contributed by atoms with Crippen molar-refractivity contribution >= 4 is 42.8 Å². The second-order valence-electron chi connectivity index (χ2n) is 6.84. The molecule has 0 aliphatic rings. The highest BCUT2D eigenvalue weighted by molar-refractivity contribution is 9.10. The standard InChI is InChI=1S/C11H17BrN2OS.C7H9BrN2/c1-8(14-16(15)11(2,3)4)9-5-6-10(12)13-7-9;1-5(9)6-2-3-7(8)10-4-6/h5-8,14H,1-4H3;2-5H,9H2,1H3/t8-,16+;5-/m00/s1. The highest BCUT2D eigenvalue weighted by Crippen LogP contribution is 2.17. The van der Waals surface area contributed by atoms with E-state index in [4.69, 9.17) is 5.73 Å². The maximum atomic E-state index is 11.9. The molecule has 0 radical (unpaired) electrons. The Bertz CT molecular complexity index is 701. The minimum absolute atomic E-state index is 0.0284. The SMILES string of the molecule is C[C@H](N)c1ccc(Br)nc1.C[C@H](N[S@](=O)C(C)(C)C)c1ccc(Br)nc1. The van der Waals surface area contributed by atoms with Gasteiger partial charge in [-0.2, -0.15) is 0 Å². The highest BCUT2D eigenvalue weighted by Gasteiger charge is 2.21. The minimum atomic E-state index is -1.06. The molecule has 0 spiro atoms. The first-order chi connectivity index (χ1) is 12.0. The number of nitrogens with two attached hydrogens (primary N) is 1. The molecule has 0 saturated carbocycles. The van der Waals surface area contributed by atoms with E-state index in [1.807, 2.05) is 58.9 Å². The molecule has 0 fully saturated rings. The van der Waals surface area contributed by atoms with Gasteiger partial charge in [0.25, 0.3) is 0 Å². The summed E-state index contributed by atoms with van der Waals surface area (Å²) in [7, 11) is -1.06. The third kappa shape index (κ3) is 8.35. The number of rotatable bonds is 4. The van der Waals surface area contributed by atoms with Crippen LogP contribution in [0.1, 0.15) is 57.8 Å². The maximum Gasteiger partial charge on any atom is 0.106 e. The molecule has 0 amide bonds. The van der Waals surface area contributed by atoms with Crippen LogP contribution in [0.5, 0.6) is 0 Å². The van der Waals surface area contributed by atoms with Gasteiger partial charge in [-0.1, -0.05) is 12.1 Å². The number of aromatic nitrogens is 2. The molecule has 144 valence electrons. The summed E-state index contributed by atoms with van der Waals surface area (Å²) in [5.41, 5.74) is 7.70. The van der Waals surface area contributed by atoms with Crippen LogP contribution in [-0.4, -0.2) is 18.9 Å². The zero-order chi connectivity index (χ0) is 19.9. The van der Waals surface area contributed by atoms with Gasteiger partial charge in [-0.15, -0.1) is 0 Å².